The second-order valence-corrected chi connectivity index (χ2v) is 5.76. The van der Waals surface area contributed by atoms with Crippen molar-refractivity contribution in [2.75, 3.05) is 0 Å². The summed E-state index contributed by atoms with van der Waals surface area (Å²) in [5.74, 6) is 0. The molecular weight excluding hydrogens is 414 g/mol. The first-order valence-electron chi connectivity index (χ1n) is 5.45. The van der Waals surface area contributed by atoms with E-state index in [1.807, 2.05) is 0 Å². The van der Waals surface area contributed by atoms with E-state index in [0.717, 1.165) is 0 Å². The number of benzene rings is 1. The van der Waals surface area contributed by atoms with Gasteiger partial charge in [-0.2, -0.15) is 9.97 Å². The Morgan fingerprint density at radius 3 is 2.19 bits per heavy atom. The summed E-state index contributed by atoms with van der Waals surface area (Å²) in [6, 6.07) is 1.56. The zero-order valence-corrected chi connectivity index (χ0v) is 13.1. The molecule has 0 spiro atoms. The Hall–Kier alpha value is -2.14. The molecule has 3 aromatic rings. The molecule has 4 N–H and O–H groups in total. The molecule has 2 aromatic heterocycles. The maximum atomic E-state index is 11.7. The number of fused-ring (bicyclic) bond motifs is 2. The maximum Gasteiger partial charge on any atom is 0.362 e. The first kappa shape index (κ1) is 13.8. The van der Waals surface area contributed by atoms with E-state index in [1.165, 1.54) is 0 Å². The molecule has 0 saturated heterocycles. The van der Waals surface area contributed by atoms with Crippen molar-refractivity contribution in [3.05, 3.63) is 45.8 Å². The lowest BCUT2D eigenvalue weighted by Gasteiger charge is -1.97. The van der Waals surface area contributed by atoms with Crippen molar-refractivity contribution >= 4 is 59.6 Å². The summed E-state index contributed by atoms with van der Waals surface area (Å²) in [5, 5.41) is 15.6. The molecule has 1 aromatic carbocycles. The van der Waals surface area contributed by atoms with Crippen LogP contribution in [0.4, 0.5) is 5.69 Å². The quantitative estimate of drug-likeness (QED) is 0.336. The number of nitro groups is 1. The third-order valence-electron chi connectivity index (χ3n) is 2.88. The number of rotatable bonds is 1. The van der Waals surface area contributed by atoms with Crippen LogP contribution in [0.25, 0.3) is 22.1 Å². The van der Waals surface area contributed by atoms with Crippen molar-refractivity contribution in [3.8, 4) is 0 Å². The van der Waals surface area contributed by atoms with E-state index < -0.39 is 16.0 Å². The van der Waals surface area contributed by atoms with Crippen LogP contribution in [0.5, 0.6) is 0 Å². The summed E-state index contributed by atoms with van der Waals surface area (Å²) in [5.41, 5.74) is -1.09. The highest BCUT2D eigenvalue weighted by Crippen LogP contribution is 2.36. The zero-order chi connectivity index (χ0) is 15.3. The predicted octanol–water partition coefficient (Wildman–Crippen LogP) is 0.431. The normalized spacial score (nSPS) is 11.1. The standard InChI is InChI=1S/C10H3Br2N5O4/c11-2-1-3-5(8(4(2)12)17(20)21)14-7-6(13-3)9(18)15-16-10(7)19/h1H,(H,15,18)(H,16,19)/p+2. The summed E-state index contributed by atoms with van der Waals surface area (Å²) < 4.78 is 0.664. The number of aromatic nitrogens is 4. The van der Waals surface area contributed by atoms with Gasteiger partial charge in [0.2, 0.25) is 0 Å². The molecule has 3 rings (SSSR count). The van der Waals surface area contributed by atoms with Crippen LogP contribution >= 0.6 is 31.9 Å². The Morgan fingerprint density at radius 1 is 1.05 bits per heavy atom. The molecule has 0 saturated carbocycles. The molecule has 0 aliphatic heterocycles. The van der Waals surface area contributed by atoms with E-state index in [1.54, 1.807) is 6.07 Å². The maximum absolute atomic E-state index is 11.7. The van der Waals surface area contributed by atoms with Gasteiger partial charge in [0.15, 0.2) is 0 Å². The van der Waals surface area contributed by atoms with E-state index in [9.17, 15) is 19.7 Å². The highest BCUT2D eigenvalue weighted by atomic mass is 79.9. The summed E-state index contributed by atoms with van der Waals surface area (Å²) in [4.78, 5) is 39.5. The first-order chi connectivity index (χ1) is 9.90. The highest BCUT2D eigenvalue weighted by Gasteiger charge is 2.32. The topological polar surface area (TPSA) is 137 Å². The van der Waals surface area contributed by atoms with Crippen LogP contribution in [-0.4, -0.2) is 15.1 Å². The van der Waals surface area contributed by atoms with Crippen molar-refractivity contribution in [1.29, 1.82) is 0 Å². The Morgan fingerprint density at radius 2 is 1.62 bits per heavy atom. The molecule has 0 atom stereocenters. The Kier molecular flexibility index (Phi) is 3.10. The van der Waals surface area contributed by atoms with Crippen LogP contribution in [0, 0.1) is 10.1 Å². The van der Waals surface area contributed by atoms with Crippen molar-refractivity contribution in [2.24, 2.45) is 0 Å². The van der Waals surface area contributed by atoms with Crippen LogP contribution in [-0.2, 0) is 0 Å². The van der Waals surface area contributed by atoms with Gasteiger partial charge in [-0.15, -0.1) is 0 Å². The van der Waals surface area contributed by atoms with Gasteiger partial charge in [-0.3, -0.25) is 29.9 Å². The smallest absolute Gasteiger partial charge is 0.260 e. The number of nitrogens with one attached hydrogen (secondary N) is 4. The SMILES string of the molecule is O=c1[nH][nH]c(=O)c2[nH+]c3c([N+](=O)[O-])c(Br)c(Br)cc3[nH+]c12. The van der Waals surface area contributed by atoms with Gasteiger partial charge in [0.25, 0.3) is 5.52 Å². The Balaban J connectivity index is 2.65. The Labute approximate surface area is 130 Å². The van der Waals surface area contributed by atoms with Crippen molar-refractivity contribution < 1.29 is 14.9 Å². The van der Waals surface area contributed by atoms with Gasteiger partial charge >= 0.3 is 33.4 Å². The van der Waals surface area contributed by atoms with Crippen LogP contribution < -0.4 is 21.1 Å². The van der Waals surface area contributed by atoms with Gasteiger partial charge in [-0.1, -0.05) is 0 Å². The second-order valence-electron chi connectivity index (χ2n) is 4.11. The molecule has 0 unspecified atom stereocenters. The lowest BCUT2D eigenvalue weighted by Crippen LogP contribution is -2.32. The molecule has 0 aliphatic rings. The molecule has 106 valence electrons. The fourth-order valence-electron chi connectivity index (χ4n) is 1.97. The molecule has 21 heavy (non-hydrogen) atoms. The minimum atomic E-state index is -0.601. The van der Waals surface area contributed by atoms with Crippen molar-refractivity contribution in [3.63, 3.8) is 0 Å². The minimum Gasteiger partial charge on any atom is -0.260 e. The monoisotopic (exact) mass is 417 g/mol. The summed E-state index contributed by atoms with van der Waals surface area (Å²) in [6.45, 7) is 0. The van der Waals surface area contributed by atoms with Gasteiger partial charge < -0.3 is 0 Å². The fourth-order valence-corrected chi connectivity index (χ4v) is 2.85. The van der Waals surface area contributed by atoms with E-state index in [4.69, 9.17) is 0 Å². The van der Waals surface area contributed by atoms with Gasteiger partial charge in [0.05, 0.1) is 4.92 Å². The number of aromatic amines is 4. The van der Waals surface area contributed by atoms with Gasteiger partial charge in [-0.25, -0.2) is 0 Å². The summed E-state index contributed by atoms with van der Waals surface area (Å²) >= 11 is 6.32. The molecular formula is C10H5Br2N5O4+2. The number of hydrogen-bond donors (Lipinski definition) is 2. The predicted molar refractivity (Wildman–Crippen MR) is 77.9 cm³/mol. The second kappa shape index (κ2) is 4.70. The molecule has 0 aliphatic carbocycles. The Bertz CT molecular complexity index is 1040. The highest BCUT2D eigenvalue weighted by molar-refractivity contribution is 9.13. The van der Waals surface area contributed by atoms with Gasteiger partial charge in [0, 0.05) is 10.5 Å². The average Bonchev–Trinajstić information content (AvgIpc) is 2.43. The van der Waals surface area contributed by atoms with Gasteiger partial charge in [0.1, 0.15) is 4.47 Å². The third kappa shape index (κ3) is 2.05. The zero-order valence-electron chi connectivity index (χ0n) is 9.91. The van der Waals surface area contributed by atoms with E-state index in [-0.39, 0.29) is 26.7 Å². The van der Waals surface area contributed by atoms with Crippen LogP contribution in [0.15, 0.2) is 24.6 Å². The van der Waals surface area contributed by atoms with E-state index in [0.29, 0.717) is 9.99 Å². The number of H-pyrrole nitrogens is 4. The largest absolute Gasteiger partial charge is 0.362 e. The summed E-state index contributed by atoms with van der Waals surface area (Å²) in [7, 11) is 0. The molecule has 11 heteroatoms. The van der Waals surface area contributed by atoms with Crippen LogP contribution in [0.1, 0.15) is 0 Å². The lowest BCUT2D eigenvalue weighted by molar-refractivity contribution is -0.402. The van der Waals surface area contributed by atoms with Crippen molar-refractivity contribution in [2.45, 2.75) is 0 Å². The van der Waals surface area contributed by atoms with Crippen LogP contribution in [0.2, 0.25) is 0 Å². The molecule has 0 radical (unpaired) electrons. The van der Waals surface area contributed by atoms with Crippen molar-refractivity contribution in [1.82, 2.24) is 10.2 Å². The third-order valence-corrected chi connectivity index (χ3v) is 4.84. The minimum absolute atomic E-state index is 0.00484. The van der Waals surface area contributed by atoms with Crippen LogP contribution in [0.3, 0.4) is 0 Å². The van der Waals surface area contributed by atoms with E-state index in [2.05, 4.69) is 52.0 Å². The molecule has 2 heterocycles. The number of halogens is 2. The lowest BCUT2D eigenvalue weighted by atomic mass is 10.2. The summed E-state index contributed by atoms with van der Waals surface area (Å²) in [6.07, 6.45) is 0. The fraction of sp³-hybridized carbons (Fsp3) is 0. The van der Waals surface area contributed by atoms with Gasteiger partial charge in [-0.05, 0) is 31.9 Å². The first-order valence-corrected chi connectivity index (χ1v) is 7.04. The number of nitrogens with zero attached hydrogens (tertiary/aromatic N) is 1. The number of hydrogen-bond acceptors (Lipinski definition) is 4. The number of nitro benzene ring substituents is 1. The van der Waals surface area contributed by atoms with E-state index >= 15 is 0 Å². The average molecular weight is 419 g/mol. The molecule has 9 nitrogen and oxygen atoms in total. The molecule has 0 amide bonds. The molecule has 0 bridgehead atoms. The molecule has 0 fully saturated rings.